The van der Waals surface area contributed by atoms with Crippen molar-refractivity contribution in [2.75, 3.05) is 26.3 Å². The van der Waals surface area contributed by atoms with Crippen molar-refractivity contribution in [2.45, 2.75) is 45.1 Å². The minimum atomic E-state index is -0.698. The van der Waals surface area contributed by atoms with Gasteiger partial charge in [0.25, 0.3) is 5.91 Å². The van der Waals surface area contributed by atoms with Gasteiger partial charge in [0.2, 0.25) is 0 Å². The Morgan fingerprint density at radius 1 is 1.12 bits per heavy atom. The van der Waals surface area contributed by atoms with Crippen molar-refractivity contribution in [1.29, 1.82) is 0 Å². The van der Waals surface area contributed by atoms with E-state index in [1.54, 1.807) is 6.92 Å². The van der Waals surface area contributed by atoms with Crippen LogP contribution >= 0.6 is 0 Å². The third-order valence-electron chi connectivity index (χ3n) is 5.49. The second-order valence-electron chi connectivity index (χ2n) is 7.42. The number of hydrogen-bond donors (Lipinski definition) is 0. The van der Waals surface area contributed by atoms with Gasteiger partial charge in [-0.1, -0.05) is 30.3 Å². The van der Waals surface area contributed by atoms with Crippen molar-refractivity contribution >= 4 is 11.9 Å². The minimum Gasteiger partial charge on any atom is -0.452 e. The summed E-state index contributed by atoms with van der Waals surface area (Å²) in [6.07, 6.45) is 3.74. The number of amides is 1. The van der Waals surface area contributed by atoms with Crippen molar-refractivity contribution in [1.82, 2.24) is 4.90 Å². The second-order valence-corrected chi connectivity index (χ2v) is 7.42. The second kappa shape index (κ2) is 9.17. The molecule has 1 unspecified atom stereocenters. The molecule has 1 aromatic rings. The average Bonchev–Trinajstić information content (AvgIpc) is 2.69. The maximum absolute atomic E-state index is 12.6. The van der Waals surface area contributed by atoms with Gasteiger partial charge in [-0.05, 0) is 50.5 Å². The number of likely N-dealkylation sites (tertiary alicyclic amines) is 1. The molecule has 2 aliphatic heterocycles. The molecule has 5 heteroatoms. The van der Waals surface area contributed by atoms with E-state index in [1.165, 1.54) is 5.56 Å². The Morgan fingerprint density at radius 3 is 2.42 bits per heavy atom. The quantitative estimate of drug-likeness (QED) is 0.759. The highest BCUT2D eigenvalue weighted by molar-refractivity contribution is 5.84. The van der Waals surface area contributed by atoms with Gasteiger partial charge in [-0.3, -0.25) is 9.59 Å². The van der Waals surface area contributed by atoms with Crippen LogP contribution in [0, 0.1) is 11.8 Å². The highest BCUT2D eigenvalue weighted by atomic mass is 16.5. The SMILES string of the molecule is CC(OC(=O)C1CCOCC1)C(=O)N1CCC(Cc2ccccc2)CC1. The Labute approximate surface area is 155 Å². The third kappa shape index (κ3) is 5.07. The summed E-state index contributed by atoms with van der Waals surface area (Å²) >= 11 is 0. The van der Waals surface area contributed by atoms with Crippen LogP contribution in [0.5, 0.6) is 0 Å². The van der Waals surface area contributed by atoms with E-state index in [0.717, 1.165) is 32.4 Å². The molecule has 26 heavy (non-hydrogen) atoms. The first-order valence-electron chi connectivity index (χ1n) is 9.74. The van der Waals surface area contributed by atoms with E-state index in [0.29, 0.717) is 32.0 Å². The van der Waals surface area contributed by atoms with Gasteiger partial charge in [0.05, 0.1) is 5.92 Å². The van der Waals surface area contributed by atoms with Crippen molar-refractivity contribution in [3.63, 3.8) is 0 Å². The zero-order valence-corrected chi connectivity index (χ0v) is 15.6. The van der Waals surface area contributed by atoms with Gasteiger partial charge < -0.3 is 14.4 Å². The first-order chi connectivity index (χ1) is 12.6. The number of ether oxygens (including phenoxy) is 2. The number of benzene rings is 1. The van der Waals surface area contributed by atoms with Crippen LogP contribution in [0.4, 0.5) is 0 Å². The Morgan fingerprint density at radius 2 is 1.77 bits per heavy atom. The lowest BCUT2D eigenvalue weighted by atomic mass is 9.90. The van der Waals surface area contributed by atoms with Crippen LogP contribution in [0.2, 0.25) is 0 Å². The van der Waals surface area contributed by atoms with Crippen LogP contribution in [0.25, 0.3) is 0 Å². The van der Waals surface area contributed by atoms with Crippen LogP contribution in [0.3, 0.4) is 0 Å². The molecule has 0 spiro atoms. The summed E-state index contributed by atoms with van der Waals surface area (Å²) in [7, 11) is 0. The molecule has 1 amide bonds. The lowest BCUT2D eigenvalue weighted by Gasteiger charge is -2.33. The fourth-order valence-corrected chi connectivity index (χ4v) is 3.82. The predicted molar refractivity (Wildman–Crippen MR) is 98.5 cm³/mol. The normalized spacial score (nSPS) is 20.6. The molecular formula is C21H29NO4. The number of nitrogens with zero attached hydrogens (tertiary/aromatic N) is 1. The lowest BCUT2D eigenvalue weighted by Crippen LogP contribution is -2.45. The largest absolute Gasteiger partial charge is 0.452 e. The van der Waals surface area contributed by atoms with E-state index in [4.69, 9.17) is 9.47 Å². The summed E-state index contributed by atoms with van der Waals surface area (Å²) in [5.41, 5.74) is 1.36. The molecule has 2 saturated heterocycles. The first kappa shape index (κ1) is 18.9. The average molecular weight is 359 g/mol. The van der Waals surface area contributed by atoms with E-state index in [1.807, 2.05) is 11.0 Å². The van der Waals surface area contributed by atoms with E-state index >= 15 is 0 Å². The van der Waals surface area contributed by atoms with E-state index in [9.17, 15) is 9.59 Å². The fourth-order valence-electron chi connectivity index (χ4n) is 3.82. The lowest BCUT2D eigenvalue weighted by molar-refractivity contribution is -0.165. The smallest absolute Gasteiger partial charge is 0.309 e. The van der Waals surface area contributed by atoms with Crippen LogP contribution in [0.1, 0.15) is 38.2 Å². The molecule has 0 aromatic heterocycles. The summed E-state index contributed by atoms with van der Waals surface area (Å²) in [6.45, 7) is 4.37. The van der Waals surface area contributed by atoms with Gasteiger partial charge in [0.15, 0.2) is 6.10 Å². The number of carbonyl (C=O) groups excluding carboxylic acids is 2. The molecule has 0 bridgehead atoms. The van der Waals surface area contributed by atoms with Crippen molar-refractivity contribution in [3.05, 3.63) is 35.9 Å². The van der Waals surface area contributed by atoms with Gasteiger partial charge in [0.1, 0.15) is 0 Å². The molecule has 2 aliphatic rings. The monoisotopic (exact) mass is 359 g/mol. The molecule has 142 valence electrons. The molecule has 2 fully saturated rings. The van der Waals surface area contributed by atoms with E-state index in [-0.39, 0.29) is 17.8 Å². The maximum atomic E-state index is 12.6. The number of esters is 1. The Kier molecular flexibility index (Phi) is 6.67. The summed E-state index contributed by atoms with van der Waals surface area (Å²) in [4.78, 5) is 26.7. The minimum absolute atomic E-state index is 0.0661. The Bertz CT molecular complexity index is 589. The molecular weight excluding hydrogens is 330 g/mol. The molecule has 5 nitrogen and oxygen atoms in total. The number of piperidine rings is 1. The predicted octanol–water partition coefficient (Wildman–Crippen LogP) is 2.83. The molecule has 1 aromatic carbocycles. The highest BCUT2D eigenvalue weighted by Gasteiger charge is 2.30. The molecule has 0 saturated carbocycles. The van der Waals surface area contributed by atoms with Crippen LogP contribution in [0.15, 0.2) is 30.3 Å². The molecule has 3 rings (SSSR count). The molecule has 1 atom stereocenters. The van der Waals surface area contributed by atoms with E-state index in [2.05, 4.69) is 24.3 Å². The Hall–Kier alpha value is -1.88. The van der Waals surface area contributed by atoms with Crippen LogP contribution in [-0.4, -0.2) is 49.2 Å². The summed E-state index contributed by atoms with van der Waals surface area (Å²) in [5.74, 6) is 0.161. The van der Waals surface area contributed by atoms with Crippen molar-refractivity contribution in [3.8, 4) is 0 Å². The molecule has 0 radical (unpaired) electrons. The molecule has 0 aliphatic carbocycles. The molecule has 2 heterocycles. The fraction of sp³-hybridized carbons (Fsp3) is 0.619. The Balaban J connectivity index is 1.43. The number of carbonyl (C=O) groups is 2. The highest BCUT2D eigenvalue weighted by Crippen LogP contribution is 2.23. The first-order valence-corrected chi connectivity index (χ1v) is 9.74. The van der Waals surface area contributed by atoms with Crippen molar-refractivity contribution in [2.24, 2.45) is 11.8 Å². The summed E-state index contributed by atoms with van der Waals surface area (Å²) < 4.78 is 10.7. The van der Waals surface area contributed by atoms with Gasteiger partial charge in [-0.15, -0.1) is 0 Å². The topological polar surface area (TPSA) is 55.8 Å². The summed E-state index contributed by atoms with van der Waals surface area (Å²) in [6, 6.07) is 10.5. The van der Waals surface area contributed by atoms with Crippen LogP contribution < -0.4 is 0 Å². The standard InChI is InChI=1S/C21H29NO4/c1-16(26-21(24)19-9-13-25-14-10-19)20(23)22-11-7-18(8-12-22)15-17-5-3-2-4-6-17/h2-6,16,18-19H,7-15H2,1H3. The van der Waals surface area contributed by atoms with E-state index < -0.39 is 6.10 Å². The summed E-state index contributed by atoms with van der Waals surface area (Å²) in [5, 5.41) is 0. The zero-order valence-electron chi connectivity index (χ0n) is 15.6. The van der Waals surface area contributed by atoms with Crippen LogP contribution in [-0.2, 0) is 25.5 Å². The van der Waals surface area contributed by atoms with Gasteiger partial charge in [-0.25, -0.2) is 0 Å². The van der Waals surface area contributed by atoms with Crippen molar-refractivity contribution < 1.29 is 19.1 Å². The maximum Gasteiger partial charge on any atom is 0.309 e. The third-order valence-corrected chi connectivity index (χ3v) is 5.49. The number of rotatable bonds is 5. The molecule has 0 N–H and O–H groups in total. The zero-order chi connectivity index (χ0) is 18.4. The number of hydrogen-bond acceptors (Lipinski definition) is 4. The van der Waals surface area contributed by atoms with Gasteiger partial charge in [-0.2, -0.15) is 0 Å². The van der Waals surface area contributed by atoms with Gasteiger partial charge in [0, 0.05) is 26.3 Å². The van der Waals surface area contributed by atoms with Gasteiger partial charge >= 0.3 is 5.97 Å².